The van der Waals surface area contributed by atoms with E-state index in [0.29, 0.717) is 6.42 Å². The Morgan fingerprint density at radius 3 is 2.38 bits per heavy atom. The molecule has 0 rings (SSSR count). The summed E-state index contributed by atoms with van der Waals surface area (Å²) < 4.78 is 0. The van der Waals surface area contributed by atoms with Crippen molar-refractivity contribution >= 4 is 0 Å². The van der Waals surface area contributed by atoms with Crippen molar-refractivity contribution in [1.29, 1.82) is 0 Å². The second-order valence-corrected chi connectivity index (χ2v) is 1.06. The van der Waals surface area contributed by atoms with E-state index in [9.17, 15) is 10.1 Å². The van der Waals surface area contributed by atoms with E-state index in [0.717, 1.165) is 0 Å². The van der Waals surface area contributed by atoms with E-state index in [4.69, 9.17) is 0 Å². The molecular formula is C3H9NO4. The summed E-state index contributed by atoms with van der Waals surface area (Å²) in [5.41, 5.74) is 0. The van der Waals surface area contributed by atoms with Gasteiger partial charge in [-0.15, -0.1) is 10.1 Å². The Labute approximate surface area is 46.7 Å². The van der Waals surface area contributed by atoms with Gasteiger partial charge in [0.2, 0.25) is 0 Å². The van der Waals surface area contributed by atoms with Crippen LogP contribution in [0.3, 0.4) is 0 Å². The van der Waals surface area contributed by atoms with E-state index in [-0.39, 0.29) is 12.1 Å². The average Bonchev–Trinajstić information content (AvgIpc) is 1.61. The lowest BCUT2D eigenvalue weighted by molar-refractivity contribution is -0.757. The van der Waals surface area contributed by atoms with Crippen molar-refractivity contribution < 1.29 is 15.4 Å². The first-order chi connectivity index (χ1) is 3.27. The second kappa shape index (κ2) is 6.16. The molecule has 0 spiro atoms. The largest absolute Gasteiger partial charge is 0.412 e. The first-order valence-electron chi connectivity index (χ1n) is 2.04. The van der Waals surface area contributed by atoms with Crippen molar-refractivity contribution in [1.82, 2.24) is 0 Å². The summed E-state index contributed by atoms with van der Waals surface area (Å²) in [7, 11) is 0. The Balaban J connectivity index is 0. The molecule has 0 saturated carbocycles. The lowest BCUT2D eigenvalue weighted by atomic mass is 10.5. The van der Waals surface area contributed by atoms with E-state index in [1.807, 2.05) is 6.92 Å². The van der Waals surface area contributed by atoms with Gasteiger partial charge in [0, 0.05) is 0 Å². The van der Waals surface area contributed by atoms with Crippen molar-refractivity contribution in [3.8, 4) is 0 Å². The molecule has 2 N–H and O–H groups in total. The van der Waals surface area contributed by atoms with Crippen LogP contribution < -0.4 is 0 Å². The molecule has 0 bridgehead atoms. The molecule has 0 saturated heterocycles. The van der Waals surface area contributed by atoms with Gasteiger partial charge in [-0.2, -0.15) is 0 Å². The molecule has 0 amide bonds. The maximum absolute atomic E-state index is 9.34. The third-order valence-electron chi connectivity index (χ3n) is 0.401. The lowest BCUT2D eigenvalue weighted by Gasteiger charge is -1.88. The molecular weight excluding hydrogens is 114 g/mol. The van der Waals surface area contributed by atoms with Gasteiger partial charge in [0.1, 0.15) is 0 Å². The molecule has 50 valence electrons. The third kappa shape index (κ3) is 8.94. The molecule has 0 radical (unpaired) electrons. The van der Waals surface area contributed by atoms with Gasteiger partial charge in [-0.05, 0) is 6.42 Å². The summed E-state index contributed by atoms with van der Waals surface area (Å²) >= 11 is 0. The van der Waals surface area contributed by atoms with Crippen LogP contribution in [0.25, 0.3) is 0 Å². The molecule has 0 fully saturated rings. The van der Waals surface area contributed by atoms with Crippen LogP contribution in [0.5, 0.6) is 0 Å². The SMILES string of the molecule is CCCO[N+](=O)[O-].O. The summed E-state index contributed by atoms with van der Waals surface area (Å²) in [6, 6.07) is 0. The number of hydrogen-bond acceptors (Lipinski definition) is 3. The average molecular weight is 123 g/mol. The number of nitrogens with zero attached hydrogens (tertiary/aromatic N) is 1. The Morgan fingerprint density at radius 1 is 1.75 bits per heavy atom. The quantitative estimate of drug-likeness (QED) is 0.384. The van der Waals surface area contributed by atoms with E-state index in [1.165, 1.54) is 0 Å². The van der Waals surface area contributed by atoms with Crippen LogP contribution in [0.15, 0.2) is 0 Å². The molecule has 5 heteroatoms. The van der Waals surface area contributed by atoms with Gasteiger partial charge in [0.15, 0.2) is 0 Å². The minimum Gasteiger partial charge on any atom is -0.412 e. The van der Waals surface area contributed by atoms with Crippen molar-refractivity contribution in [2.45, 2.75) is 13.3 Å². The molecule has 0 aliphatic heterocycles. The normalized spacial score (nSPS) is 7.12. The van der Waals surface area contributed by atoms with Crippen LogP contribution in [0, 0.1) is 10.1 Å². The monoisotopic (exact) mass is 123 g/mol. The van der Waals surface area contributed by atoms with Gasteiger partial charge < -0.3 is 10.3 Å². The molecule has 0 heterocycles. The Hall–Kier alpha value is -0.840. The van der Waals surface area contributed by atoms with Crippen LogP contribution in [0.1, 0.15) is 13.3 Å². The van der Waals surface area contributed by atoms with Crippen LogP contribution in [0.2, 0.25) is 0 Å². The summed E-state index contributed by atoms with van der Waals surface area (Å²) in [6.07, 6.45) is 0.682. The fourth-order valence-electron chi connectivity index (χ4n) is 0.166. The number of hydrogen-bond donors (Lipinski definition) is 0. The van der Waals surface area contributed by atoms with E-state index >= 15 is 0 Å². The van der Waals surface area contributed by atoms with E-state index in [2.05, 4.69) is 4.84 Å². The smallest absolute Gasteiger partial charge is 0.294 e. The molecule has 0 aromatic carbocycles. The van der Waals surface area contributed by atoms with Crippen LogP contribution in [-0.4, -0.2) is 17.2 Å². The molecule has 0 aliphatic rings. The first kappa shape index (κ1) is 10.2. The van der Waals surface area contributed by atoms with Crippen molar-refractivity contribution in [2.75, 3.05) is 6.61 Å². The Kier molecular flexibility index (Phi) is 7.86. The van der Waals surface area contributed by atoms with E-state index in [1.54, 1.807) is 0 Å². The Morgan fingerprint density at radius 2 is 2.25 bits per heavy atom. The predicted molar refractivity (Wildman–Crippen MR) is 26.9 cm³/mol. The van der Waals surface area contributed by atoms with Crippen molar-refractivity contribution in [2.24, 2.45) is 0 Å². The molecule has 0 aliphatic carbocycles. The third-order valence-corrected chi connectivity index (χ3v) is 0.401. The maximum Gasteiger partial charge on any atom is 0.294 e. The van der Waals surface area contributed by atoms with Gasteiger partial charge in [-0.25, -0.2) is 0 Å². The highest BCUT2D eigenvalue weighted by Gasteiger charge is 1.87. The Bertz CT molecular complexity index is 64.3. The van der Waals surface area contributed by atoms with Crippen LogP contribution in [0.4, 0.5) is 0 Å². The summed E-state index contributed by atoms with van der Waals surface area (Å²) in [5.74, 6) is 0. The predicted octanol–water partition coefficient (Wildman–Crippen LogP) is -0.220. The zero-order chi connectivity index (χ0) is 5.70. The van der Waals surface area contributed by atoms with Gasteiger partial charge in [0.25, 0.3) is 5.09 Å². The second-order valence-electron chi connectivity index (χ2n) is 1.06. The molecule has 0 aromatic heterocycles. The van der Waals surface area contributed by atoms with Gasteiger partial charge >= 0.3 is 0 Å². The fraction of sp³-hybridized carbons (Fsp3) is 1.00. The van der Waals surface area contributed by atoms with Crippen LogP contribution >= 0.6 is 0 Å². The van der Waals surface area contributed by atoms with Crippen molar-refractivity contribution in [3.63, 3.8) is 0 Å². The zero-order valence-corrected chi connectivity index (χ0v) is 4.59. The summed E-state index contributed by atoms with van der Waals surface area (Å²) in [5, 5.41) is 8.55. The topological polar surface area (TPSA) is 83.9 Å². The fourth-order valence-corrected chi connectivity index (χ4v) is 0.166. The minimum atomic E-state index is -0.788. The first-order valence-corrected chi connectivity index (χ1v) is 2.04. The summed E-state index contributed by atoms with van der Waals surface area (Å²) in [4.78, 5) is 13.3. The van der Waals surface area contributed by atoms with Gasteiger partial charge in [-0.3, -0.25) is 0 Å². The highest BCUT2D eigenvalue weighted by atomic mass is 16.9. The highest BCUT2D eigenvalue weighted by molar-refractivity contribution is 4.14. The van der Waals surface area contributed by atoms with Crippen LogP contribution in [-0.2, 0) is 4.84 Å². The molecule has 0 atom stereocenters. The van der Waals surface area contributed by atoms with E-state index < -0.39 is 5.09 Å². The molecule has 8 heavy (non-hydrogen) atoms. The lowest BCUT2D eigenvalue weighted by Crippen LogP contribution is -1.99. The van der Waals surface area contributed by atoms with Gasteiger partial charge in [-0.1, -0.05) is 6.92 Å². The minimum absolute atomic E-state index is 0. The van der Waals surface area contributed by atoms with Crippen molar-refractivity contribution in [3.05, 3.63) is 10.1 Å². The van der Waals surface area contributed by atoms with Gasteiger partial charge in [0.05, 0.1) is 6.61 Å². The number of rotatable bonds is 3. The molecule has 0 aromatic rings. The maximum atomic E-state index is 9.34. The molecule has 5 nitrogen and oxygen atoms in total. The standard InChI is InChI=1S/C3H7NO3.H2O/c1-2-3-7-4(5)6;/h2-3H2,1H3;1H2. The highest BCUT2D eigenvalue weighted by Crippen LogP contribution is 1.77. The zero-order valence-electron chi connectivity index (χ0n) is 4.59. The molecule has 0 unspecified atom stereocenters. The summed E-state index contributed by atoms with van der Waals surface area (Å²) in [6.45, 7) is 2.01.